The number of ether oxygens (including phenoxy) is 1. The number of anilines is 2. The van der Waals surface area contributed by atoms with Gasteiger partial charge in [-0.25, -0.2) is 15.8 Å². The van der Waals surface area contributed by atoms with Gasteiger partial charge in [-0.3, -0.25) is 4.79 Å². The van der Waals surface area contributed by atoms with Crippen LogP contribution in [-0.4, -0.2) is 29.1 Å². The molecule has 1 aliphatic rings. The van der Waals surface area contributed by atoms with Gasteiger partial charge in [0.15, 0.2) is 0 Å². The SMILES string of the molecule is CCOC(=O)CCNc1cc(NN)nc(C2CC2)n1. The van der Waals surface area contributed by atoms with Crippen molar-refractivity contribution in [3.63, 3.8) is 0 Å². The molecule has 1 aromatic heterocycles. The molecule has 2 rings (SSSR count). The molecule has 1 fully saturated rings. The Morgan fingerprint density at radius 2 is 2.21 bits per heavy atom. The Hall–Kier alpha value is -1.89. The first-order valence-corrected chi connectivity index (χ1v) is 6.48. The second-order valence-corrected chi connectivity index (χ2v) is 4.40. The first-order valence-electron chi connectivity index (χ1n) is 6.48. The van der Waals surface area contributed by atoms with Crippen LogP contribution in [0.25, 0.3) is 0 Å². The summed E-state index contributed by atoms with van der Waals surface area (Å²) in [4.78, 5) is 19.9. The van der Waals surface area contributed by atoms with Crippen molar-refractivity contribution in [2.45, 2.75) is 32.1 Å². The van der Waals surface area contributed by atoms with Crippen molar-refractivity contribution >= 4 is 17.6 Å². The zero-order valence-electron chi connectivity index (χ0n) is 11.0. The first kappa shape index (κ1) is 13.5. The highest BCUT2D eigenvalue weighted by Crippen LogP contribution is 2.38. The molecule has 4 N–H and O–H groups in total. The zero-order valence-corrected chi connectivity index (χ0v) is 11.0. The van der Waals surface area contributed by atoms with E-state index in [1.54, 1.807) is 13.0 Å². The first-order chi connectivity index (χ1) is 9.22. The van der Waals surface area contributed by atoms with Crippen molar-refractivity contribution in [1.29, 1.82) is 0 Å². The van der Waals surface area contributed by atoms with E-state index < -0.39 is 0 Å². The average molecular weight is 265 g/mol. The van der Waals surface area contributed by atoms with Gasteiger partial charge < -0.3 is 15.5 Å². The molecule has 0 radical (unpaired) electrons. The van der Waals surface area contributed by atoms with Gasteiger partial charge in [0.2, 0.25) is 0 Å². The monoisotopic (exact) mass is 265 g/mol. The maximum atomic E-state index is 11.2. The van der Waals surface area contributed by atoms with E-state index in [4.69, 9.17) is 10.6 Å². The third kappa shape index (κ3) is 4.06. The van der Waals surface area contributed by atoms with Crippen molar-refractivity contribution in [3.05, 3.63) is 11.9 Å². The topological polar surface area (TPSA) is 102 Å². The second kappa shape index (κ2) is 6.33. The number of hydrogen-bond donors (Lipinski definition) is 3. The van der Waals surface area contributed by atoms with Crippen LogP contribution in [0.1, 0.15) is 37.9 Å². The number of aromatic nitrogens is 2. The Balaban J connectivity index is 1.91. The Bertz CT molecular complexity index is 448. The molecule has 0 spiro atoms. The molecule has 0 aromatic carbocycles. The maximum absolute atomic E-state index is 11.2. The third-order valence-electron chi connectivity index (χ3n) is 2.77. The van der Waals surface area contributed by atoms with Crippen molar-refractivity contribution in [2.75, 3.05) is 23.9 Å². The standard InChI is InChI=1S/C12H19N5O2/c1-2-19-11(18)5-6-14-9-7-10(17-13)16-12(15-9)8-3-4-8/h7-8H,2-6,13H2,1H3,(H2,14,15,16,17). The fourth-order valence-electron chi connectivity index (χ4n) is 1.68. The summed E-state index contributed by atoms with van der Waals surface area (Å²) >= 11 is 0. The van der Waals surface area contributed by atoms with E-state index in [9.17, 15) is 4.79 Å². The highest BCUT2D eigenvalue weighted by atomic mass is 16.5. The minimum absolute atomic E-state index is 0.219. The molecule has 7 heteroatoms. The summed E-state index contributed by atoms with van der Waals surface area (Å²) in [5.41, 5.74) is 2.53. The van der Waals surface area contributed by atoms with Crippen LogP contribution in [0, 0.1) is 0 Å². The fraction of sp³-hybridized carbons (Fsp3) is 0.583. The molecule has 0 amide bonds. The fourth-order valence-corrected chi connectivity index (χ4v) is 1.68. The molecular weight excluding hydrogens is 246 g/mol. The van der Waals surface area contributed by atoms with Crippen LogP contribution in [0.2, 0.25) is 0 Å². The normalized spacial score (nSPS) is 14.0. The number of hydrazine groups is 1. The second-order valence-electron chi connectivity index (χ2n) is 4.40. The quantitative estimate of drug-likeness (QED) is 0.384. The van der Waals surface area contributed by atoms with Gasteiger partial charge in [0.25, 0.3) is 0 Å². The molecule has 1 aliphatic carbocycles. The van der Waals surface area contributed by atoms with Gasteiger partial charge in [-0.05, 0) is 19.8 Å². The van der Waals surface area contributed by atoms with Gasteiger partial charge in [-0.1, -0.05) is 0 Å². The number of esters is 1. The molecule has 1 saturated carbocycles. The van der Waals surface area contributed by atoms with E-state index in [0.29, 0.717) is 37.1 Å². The van der Waals surface area contributed by atoms with Gasteiger partial charge >= 0.3 is 5.97 Å². The zero-order chi connectivity index (χ0) is 13.7. The minimum atomic E-state index is -0.219. The molecule has 1 heterocycles. The van der Waals surface area contributed by atoms with Crippen LogP contribution < -0.4 is 16.6 Å². The van der Waals surface area contributed by atoms with Crippen LogP contribution in [0.4, 0.5) is 11.6 Å². The number of rotatable bonds is 7. The molecular formula is C12H19N5O2. The van der Waals surface area contributed by atoms with Gasteiger partial charge in [-0.2, -0.15) is 0 Å². The lowest BCUT2D eigenvalue weighted by Gasteiger charge is -2.09. The Morgan fingerprint density at radius 1 is 1.47 bits per heavy atom. The lowest BCUT2D eigenvalue weighted by atomic mass is 10.3. The summed E-state index contributed by atoms with van der Waals surface area (Å²) in [6.07, 6.45) is 2.55. The number of carbonyl (C=O) groups is 1. The number of hydrogen-bond acceptors (Lipinski definition) is 7. The molecule has 1 aromatic rings. The summed E-state index contributed by atoms with van der Waals surface area (Å²) in [5, 5.41) is 3.08. The van der Waals surface area contributed by atoms with Crippen molar-refractivity contribution < 1.29 is 9.53 Å². The lowest BCUT2D eigenvalue weighted by molar-refractivity contribution is -0.142. The average Bonchev–Trinajstić information content (AvgIpc) is 3.23. The molecule has 0 aliphatic heterocycles. The van der Waals surface area contributed by atoms with E-state index in [2.05, 4.69) is 20.7 Å². The lowest BCUT2D eigenvalue weighted by Crippen LogP contribution is -2.14. The molecule has 0 bridgehead atoms. The van der Waals surface area contributed by atoms with Crippen molar-refractivity contribution in [1.82, 2.24) is 9.97 Å². The maximum Gasteiger partial charge on any atom is 0.307 e. The Kier molecular flexibility index (Phi) is 4.51. The van der Waals surface area contributed by atoms with E-state index in [-0.39, 0.29) is 5.97 Å². The van der Waals surface area contributed by atoms with Crippen molar-refractivity contribution in [3.8, 4) is 0 Å². The number of nitrogens with one attached hydrogen (secondary N) is 2. The molecule has 0 saturated heterocycles. The van der Waals surface area contributed by atoms with E-state index >= 15 is 0 Å². The molecule has 19 heavy (non-hydrogen) atoms. The number of nitrogens with zero attached hydrogens (tertiary/aromatic N) is 2. The summed E-state index contributed by atoms with van der Waals surface area (Å²) in [5.74, 6) is 7.66. The van der Waals surface area contributed by atoms with Crippen LogP contribution in [0.15, 0.2) is 6.07 Å². The minimum Gasteiger partial charge on any atom is -0.466 e. The Labute approximate surface area is 111 Å². The molecule has 7 nitrogen and oxygen atoms in total. The predicted molar refractivity (Wildman–Crippen MR) is 71.6 cm³/mol. The molecule has 0 unspecified atom stereocenters. The van der Waals surface area contributed by atoms with Crippen LogP contribution >= 0.6 is 0 Å². The van der Waals surface area contributed by atoms with E-state index in [1.165, 1.54) is 0 Å². The van der Waals surface area contributed by atoms with E-state index in [1.807, 2.05) is 0 Å². The largest absolute Gasteiger partial charge is 0.466 e. The van der Waals surface area contributed by atoms with Gasteiger partial charge in [0.1, 0.15) is 17.5 Å². The van der Waals surface area contributed by atoms with E-state index in [0.717, 1.165) is 18.7 Å². The Morgan fingerprint density at radius 3 is 2.84 bits per heavy atom. The van der Waals surface area contributed by atoms with Crippen molar-refractivity contribution in [2.24, 2.45) is 5.84 Å². The van der Waals surface area contributed by atoms with Crippen LogP contribution in [-0.2, 0) is 9.53 Å². The van der Waals surface area contributed by atoms with Crippen LogP contribution in [0.5, 0.6) is 0 Å². The summed E-state index contributed by atoms with van der Waals surface area (Å²) < 4.78 is 4.85. The van der Waals surface area contributed by atoms with Gasteiger partial charge in [-0.15, -0.1) is 0 Å². The number of carbonyl (C=O) groups excluding carboxylic acids is 1. The number of nitrogens with two attached hydrogens (primary N) is 1. The summed E-state index contributed by atoms with van der Waals surface area (Å²) in [7, 11) is 0. The molecule has 104 valence electrons. The predicted octanol–water partition coefficient (Wildman–Crippen LogP) is 1.00. The highest BCUT2D eigenvalue weighted by Gasteiger charge is 2.27. The summed E-state index contributed by atoms with van der Waals surface area (Å²) in [6, 6.07) is 1.72. The summed E-state index contributed by atoms with van der Waals surface area (Å²) in [6.45, 7) is 2.67. The van der Waals surface area contributed by atoms with Crippen LogP contribution in [0.3, 0.4) is 0 Å². The van der Waals surface area contributed by atoms with Gasteiger partial charge in [0, 0.05) is 18.5 Å². The number of nitrogen functional groups attached to an aromatic ring is 1. The van der Waals surface area contributed by atoms with Gasteiger partial charge in [0.05, 0.1) is 13.0 Å². The smallest absolute Gasteiger partial charge is 0.307 e. The highest BCUT2D eigenvalue weighted by molar-refractivity contribution is 5.70. The molecule has 0 atom stereocenters. The third-order valence-corrected chi connectivity index (χ3v) is 2.77.